The number of alkyl halides is 6. The van der Waals surface area contributed by atoms with Gasteiger partial charge in [-0.1, -0.05) is 46.4 Å². The van der Waals surface area contributed by atoms with Crippen LogP contribution in [0.3, 0.4) is 0 Å². The topological polar surface area (TPSA) is 87.7 Å². The molecule has 4 aromatic rings. The number of anilines is 2. The summed E-state index contributed by atoms with van der Waals surface area (Å²) in [7, 11) is 2.21. The molecule has 0 atom stereocenters. The van der Waals surface area contributed by atoms with Gasteiger partial charge in [-0.2, -0.15) is 36.5 Å². The lowest BCUT2D eigenvalue weighted by atomic mass is 10.2. The van der Waals surface area contributed by atoms with Gasteiger partial charge in [0.05, 0.1) is 52.4 Å². The molecule has 0 bridgehead atoms. The minimum Gasteiger partial charge on any atom is -0.383 e. The SMILES string of the molecule is Cc1nn(-c2c(Cl)cc(C(F)(F)F)cc2Cl)c(N)c1SSc1c(C)nn(-c2c(Cl)cc(C(F)(F)F)cc2Cl)c1N. The number of hydrogen-bond donors (Lipinski definition) is 2. The predicted octanol–water partition coefficient (Wildman–Crippen LogP) is 9.29. The average molecular weight is 682 g/mol. The Bertz CT molecular complexity index is 1470. The molecule has 0 spiro atoms. The molecule has 214 valence electrons. The van der Waals surface area contributed by atoms with Crippen LogP contribution in [0.5, 0.6) is 0 Å². The summed E-state index contributed by atoms with van der Waals surface area (Å²) in [5, 5.41) is 7.31. The summed E-state index contributed by atoms with van der Waals surface area (Å²) in [6.45, 7) is 3.23. The van der Waals surface area contributed by atoms with Gasteiger partial charge >= 0.3 is 12.4 Å². The van der Waals surface area contributed by atoms with Gasteiger partial charge in [0.25, 0.3) is 0 Å². The summed E-state index contributed by atoms with van der Waals surface area (Å²) >= 11 is 24.5. The molecule has 18 heteroatoms. The van der Waals surface area contributed by atoms with Crippen molar-refractivity contribution in [1.82, 2.24) is 19.6 Å². The summed E-state index contributed by atoms with van der Waals surface area (Å²) < 4.78 is 81.0. The maximum atomic E-state index is 13.1. The first kappa shape index (κ1) is 30.8. The summed E-state index contributed by atoms with van der Waals surface area (Å²) in [6, 6.07) is 2.88. The molecule has 0 aliphatic heterocycles. The number of rotatable bonds is 5. The van der Waals surface area contributed by atoms with Crippen LogP contribution in [-0.4, -0.2) is 19.6 Å². The van der Waals surface area contributed by atoms with Crippen molar-refractivity contribution in [2.24, 2.45) is 0 Å². The van der Waals surface area contributed by atoms with Gasteiger partial charge < -0.3 is 11.5 Å². The van der Waals surface area contributed by atoms with Crippen LogP contribution in [0.1, 0.15) is 22.5 Å². The molecule has 0 aliphatic carbocycles. The fraction of sp³-hybridized carbons (Fsp3) is 0.182. The fourth-order valence-corrected chi connectivity index (χ4v) is 7.42. The highest BCUT2D eigenvalue weighted by atomic mass is 35.5. The molecule has 4 rings (SSSR count). The summed E-state index contributed by atoms with van der Waals surface area (Å²) in [4.78, 5) is 0.850. The number of aromatic nitrogens is 4. The molecule has 0 aliphatic rings. The Kier molecular flexibility index (Phi) is 8.45. The number of aryl methyl sites for hydroxylation is 2. The standard InChI is InChI=1S/C22H14Cl4F6N6S2/c1-7-17(19(33)37(35-7)15-11(23)3-9(4-12(15)24)21(27,28)29)39-40-18-8(2)36-38(20(18)34)16-13(25)5-10(6-14(16)26)22(30,31)32/h3-6H,33-34H2,1-2H3. The molecule has 0 amide bonds. The lowest BCUT2D eigenvalue weighted by Gasteiger charge is -2.13. The largest absolute Gasteiger partial charge is 0.416 e. The van der Waals surface area contributed by atoms with Gasteiger partial charge in [0.1, 0.15) is 23.0 Å². The van der Waals surface area contributed by atoms with Crippen LogP contribution in [0, 0.1) is 13.8 Å². The maximum Gasteiger partial charge on any atom is 0.416 e. The van der Waals surface area contributed by atoms with Crippen molar-refractivity contribution in [1.29, 1.82) is 0 Å². The van der Waals surface area contributed by atoms with E-state index < -0.39 is 23.5 Å². The van der Waals surface area contributed by atoms with E-state index in [2.05, 4.69) is 10.2 Å². The number of benzene rings is 2. The lowest BCUT2D eigenvalue weighted by Crippen LogP contribution is -2.08. The fourth-order valence-electron chi connectivity index (χ4n) is 3.55. The van der Waals surface area contributed by atoms with E-state index in [1.54, 1.807) is 13.8 Å². The molecule has 4 N–H and O–H groups in total. The Morgan fingerprint density at radius 2 is 0.900 bits per heavy atom. The molecular formula is C22H14Cl4F6N6S2. The van der Waals surface area contributed by atoms with Crippen molar-refractivity contribution in [3.8, 4) is 11.4 Å². The number of nitrogens with two attached hydrogens (primary N) is 2. The molecule has 0 saturated carbocycles. The van der Waals surface area contributed by atoms with Crippen LogP contribution in [0.2, 0.25) is 20.1 Å². The predicted molar refractivity (Wildman–Crippen MR) is 147 cm³/mol. The van der Waals surface area contributed by atoms with E-state index in [0.29, 0.717) is 21.2 Å². The molecule has 0 fully saturated rings. The first-order chi connectivity index (χ1) is 18.4. The summed E-state index contributed by atoms with van der Waals surface area (Å²) in [6.07, 6.45) is -9.32. The van der Waals surface area contributed by atoms with Crippen LogP contribution < -0.4 is 11.5 Å². The minimum absolute atomic E-state index is 0.0380. The van der Waals surface area contributed by atoms with Crippen LogP contribution >= 0.6 is 68.0 Å². The Morgan fingerprint density at radius 1 is 0.625 bits per heavy atom. The van der Waals surface area contributed by atoms with Crippen LogP contribution in [0.4, 0.5) is 38.0 Å². The van der Waals surface area contributed by atoms with E-state index in [-0.39, 0.29) is 43.1 Å². The van der Waals surface area contributed by atoms with E-state index in [9.17, 15) is 26.3 Å². The Labute approximate surface area is 250 Å². The van der Waals surface area contributed by atoms with Crippen molar-refractivity contribution < 1.29 is 26.3 Å². The van der Waals surface area contributed by atoms with Crippen LogP contribution in [0.15, 0.2) is 34.1 Å². The molecule has 0 saturated heterocycles. The van der Waals surface area contributed by atoms with Crippen molar-refractivity contribution >= 4 is 79.6 Å². The maximum absolute atomic E-state index is 13.1. The monoisotopic (exact) mass is 680 g/mol. The third kappa shape index (κ3) is 5.79. The zero-order valence-corrected chi connectivity index (χ0v) is 24.5. The minimum atomic E-state index is -4.66. The molecule has 0 radical (unpaired) electrons. The Balaban J connectivity index is 1.67. The van der Waals surface area contributed by atoms with Gasteiger partial charge in [0.2, 0.25) is 0 Å². The Morgan fingerprint density at radius 3 is 1.15 bits per heavy atom. The highest BCUT2D eigenvalue weighted by Gasteiger charge is 2.34. The van der Waals surface area contributed by atoms with Crippen LogP contribution in [-0.2, 0) is 12.4 Å². The number of halogens is 10. The second-order valence-corrected chi connectivity index (χ2v) is 11.9. The first-order valence-corrected chi connectivity index (χ1v) is 14.3. The molecule has 0 unspecified atom stereocenters. The zero-order valence-electron chi connectivity index (χ0n) is 19.8. The van der Waals surface area contributed by atoms with E-state index in [1.165, 1.54) is 0 Å². The van der Waals surface area contributed by atoms with Crippen molar-refractivity contribution in [3.63, 3.8) is 0 Å². The lowest BCUT2D eigenvalue weighted by molar-refractivity contribution is -0.138. The van der Waals surface area contributed by atoms with Gasteiger partial charge in [0, 0.05) is 0 Å². The normalized spacial score (nSPS) is 12.4. The molecule has 2 aromatic carbocycles. The van der Waals surface area contributed by atoms with Crippen molar-refractivity contribution in [3.05, 3.63) is 66.9 Å². The third-order valence-corrected chi connectivity index (χ3v) is 9.23. The third-order valence-electron chi connectivity index (χ3n) is 5.40. The van der Waals surface area contributed by atoms with Gasteiger partial charge in [-0.3, -0.25) is 0 Å². The highest BCUT2D eigenvalue weighted by Crippen LogP contribution is 2.48. The first-order valence-electron chi connectivity index (χ1n) is 10.6. The average Bonchev–Trinajstić information content (AvgIpc) is 3.24. The smallest absolute Gasteiger partial charge is 0.383 e. The van der Waals surface area contributed by atoms with Gasteiger partial charge in [-0.15, -0.1) is 0 Å². The zero-order chi connectivity index (χ0) is 29.9. The second-order valence-electron chi connectivity index (χ2n) is 8.16. The van der Waals surface area contributed by atoms with E-state index in [1.807, 2.05) is 0 Å². The molecule has 2 aromatic heterocycles. The van der Waals surface area contributed by atoms with E-state index >= 15 is 0 Å². The highest BCUT2D eigenvalue weighted by molar-refractivity contribution is 8.76. The Hall–Kier alpha value is -2.10. The number of hydrogen-bond acceptors (Lipinski definition) is 6. The molecule has 2 heterocycles. The summed E-state index contributed by atoms with van der Waals surface area (Å²) in [5.74, 6) is 0.0759. The van der Waals surface area contributed by atoms with E-state index in [4.69, 9.17) is 57.9 Å². The van der Waals surface area contributed by atoms with Gasteiger partial charge in [-0.25, -0.2) is 9.36 Å². The van der Waals surface area contributed by atoms with Crippen molar-refractivity contribution in [2.45, 2.75) is 36.0 Å². The van der Waals surface area contributed by atoms with Gasteiger partial charge in [0.15, 0.2) is 0 Å². The molecular weight excluding hydrogens is 668 g/mol. The van der Waals surface area contributed by atoms with Gasteiger partial charge in [-0.05, 0) is 59.7 Å². The number of nitrogens with zero attached hydrogens (tertiary/aromatic N) is 4. The van der Waals surface area contributed by atoms with Crippen molar-refractivity contribution in [2.75, 3.05) is 11.5 Å². The molecule has 40 heavy (non-hydrogen) atoms. The van der Waals surface area contributed by atoms with Crippen LogP contribution in [0.25, 0.3) is 11.4 Å². The molecule has 6 nitrogen and oxygen atoms in total. The summed E-state index contributed by atoms with van der Waals surface area (Å²) in [5.41, 5.74) is 11.2. The van der Waals surface area contributed by atoms with E-state index in [0.717, 1.165) is 55.2 Å². The number of nitrogen functional groups attached to an aromatic ring is 2. The quantitative estimate of drug-likeness (QED) is 0.161. The second kappa shape index (κ2) is 11.0.